The van der Waals surface area contributed by atoms with Gasteiger partial charge in [0.15, 0.2) is 0 Å². The average molecular weight is 391 g/mol. The largest absolute Gasteiger partial charge is 0.495 e. The second kappa shape index (κ2) is 8.39. The Labute approximate surface area is 162 Å². The lowest BCUT2D eigenvalue weighted by Gasteiger charge is -2.31. The van der Waals surface area contributed by atoms with Gasteiger partial charge in [0, 0.05) is 30.3 Å². The molecule has 1 saturated heterocycles. The van der Waals surface area contributed by atoms with Gasteiger partial charge in [-0.15, -0.1) is 0 Å². The van der Waals surface area contributed by atoms with Gasteiger partial charge in [-0.3, -0.25) is 9.59 Å². The number of amides is 2. The smallest absolute Gasteiger partial charge is 0.253 e. The first-order valence-electron chi connectivity index (χ1n) is 8.67. The Morgan fingerprint density at radius 2 is 1.81 bits per heavy atom. The molecule has 1 N–H and O–H groups in total. The van der Waals surface area contributed by atoms with Crippen molar-refractivity contribution in [1.82, 2.24) is 4.90 Å². The second-order valence-electron chi connectivity index (χ2n) is 6.41. The maximum absolute atomic E-state index is 13.0. The third-order valence-corrected chi connectivity index (χ3v) is 4.96. The molecule has 142 valence electrons. The summed E-state index contributed by atoms with van der Waals surface area (Å²) in [6, 6.07) is 10.6. The maximum atomic E-state index is 13.0. The molecule has 1 fully saturated rings. The summed E-state index contributed by atoms with van der Waals surface area (Å²) < 4.78 is 18.1. The summed E-state index contributed by atoms with van der Waals surface area (Å²) in [5, 5.41) is 3.29. The molecule has 5 nitrogen and oxygen atoms in total. The lowest BCUT2D eigenvalue weighted by molar-refractivity contribution is -0.121. The van der Waals surface area contributed by atoms with Crippen LogP contribution in [0.25, 0.3) is 0 Å². The third kappa shape index (κ3) is 4.57. The molecule has 2 amide bonds. The van der Waals surface area contributed by atoms with Gasteiger partial charge in [-0.05, 0) is 55.3 Å². The number of anilines is 1. The molecule has 0 radical (unpaired) electrons. The molecule has 3 rings (SSSR count). The molecular formula is C20H20ClFN2O3. The molecular weight excluding hydrogens is 371 g/mol. The summed E-state index contributed by atoms with van der Waals surface area (Å²) >= 11 is 6.08. The van der Waals surface area contributed by atoms with E-state index in [0.29, 0.717) is 48.0 Å². The van der Waals surface area contributed by atoms with E-state index in [-0.39, 0.29) is 23.5 Å². The average Bonchev–Trinajstić information content (AvgIpc) is 2.68. The van der Waals surface area contributed by atoms with Crippen LogP contribution in [0.5, 0.6) is 5.75 Å². The van der Waals surface area contributed by atoms with Gasteiger partial charge >= 0.3 is 0 Å². The van der Waals surface area contributed by atoms with E-state index >= 15 is 0 Å². The standard InChI is InChI=1S/C20H20ClFN2O3/c1-27-18-7-6-16(12-17(18)21)23-19(25)13-8-10-24(11-9-13)20(26)14-2-4-15(22)5-3-14/h2-7,12-13H,8-11H2,1H3,(H,23,25). The van der Waals surface area contributed by atoms with Gasteiger partial charge < -0.3 is 15.0 Å². The lowest BCUT2D eigenvalue weighted by Crippen LogP contribution is -2.41. The first kappa shape index (κ1) is 19.2. The van der Waals surface area contributed by atoms with Crippen LogP contribution in [0.1, 0.15) is 23.2 Å². The van der Waals surface area contributed by atoms with Crippen molar-refractivity contribution in [3.63, 3.8) is 0 Å². The van der Waals surface area contributed by atoms with Crippen molar-refractivity contribution in [1.29, 1.82) is 0 Å². The number of rotatable bonds is 4. The number of halogens is 2. The van der Waals surface area contributed by atoms with E-state index in [1.807, 2.05) is 0 Å². The number of methoxy groups -OCH3 is 1. The van der Waals surface area contributed by atoms with Crippen LogP contribution in [-0.2, 0) is 4.79 Å². The SMILES string of the molecule is COc1ccc(NC(=O)C2CCN(C(=O)c3ccc(F)cc3)CC2)cc1Cl. The van der Waals surface area contributed by atoms with Crippen molar-refractivity contribution < 1.29 is 18.7 Å². The van der Waals surface area contributed by atoms with Crippen molar-refractivity contribution in [3.05, 3.63) is 58.9 Å². The predicted octanol–water partition coefficient (Wildman–Crippen LogP) is 3.98. The minimum atomic E-state index is -0.374. The summed E-state index contributed by atoms with van der Waals surface area (Å²) in [7, 11) is 1.53. The predicted molar refractivity (Wildman–Crippen MR) is 102 cm³/mol. The highest BCUT2D eigenvalue weighted by molar-refractivity contribution is 6.32. The molecule has 0 bridgehead atoms. The van der Waals surface area contributed by atoms with E-state index in [1.54, 1.807) is 23.1 Å². The minimum absolute atomic E-state index is 0.0925. The molecule has 0 saturated carbocycles. The number of hydrogen-bond donors (Lipinski definition) is 1. The number of carbonyl (C=O) groups excluding carboxylic acids is 2. The Morgan fingerprint density at radius 1 is 1.15 bits per heavy atom. The highest BCUT2D eigenvalue weighted by Gasteiger charge is 2.28. The van der Waals surface area contributed by atoms with Crippen molar-refractivity contribution in [2.24, 2.45) is 5.92 Å². The molecule has 2 aromatic carbocycles. The van der Waals surface area contributed by atoms with E-state index in [1.165, 1.54) is 31.4 Å². The van der Waals surface area contributed by atoms with E-state index in [0.717, 1.165) is 0 Å². The number of nitrogens with zero attached hydrogens (tertiary/aromatic N) is 1. The zero-order valence-electron chi connectivity index (χ0n) is 14.9. The molecule has 1 aliphatic rings. The van der Waals surface area contributed by atoms with Crippen LogP contribution < -0.4 is 10.1 Å². The first-order valence-corrected chi connectivity index (χ1v) is 9.05. The van der Waals surface area contributed by atoms with Gasteiger partial charge in [-0.2, -0.15) is 0 Å². The van der Waals surface area contributed by atoms with E-state index in [9.17, 15) is 14.0 Å². The van der Waals surface area contributed by atoms with E-state index in [2.05, 4.69) is 5.32 Å². The Balaban J connectivity index is 1.55. The molecule has 27 heavy (non-hydrogen) atoms. The van der Waals surface area contributed by atoms with E-state index < -0.39 is 0 Å². The Hall–Kier alpha value is -2.60. The van der Waals surface area contributed by atoms with Crippen LogP contribution >= 0.6 is 11.6 Å². The number of carbonyl (C=O) groups is 2. The van der Waals surface area contributed by atoms with Crippen LogP contribution in [-0.4, -0.2) is 36.9 Å². The Morgan fingerprint density at radius 3 is 2.41 bits per heavy atom. The molecule has 7 heteroatoms. The maximum Gasteiger partial charge on any atom is 0.253 e. The van der Waals surface area contributed by atoms with Crippen molar-refractivity contribution in [3.8, 4) is 5.75 Å². The molecule has 0 unspecified atom stereocenters. The highest BCUT2D eigenvalue weighted by atomic mass is 35.5. The first-order chi connectivity index (χ1) is 13.0. The zero-order valence-corrected chi connectivity index (χ0v) is 15.6. The van der Waals surface area contributed by atoms with Crippen LogP contribution in [0.15, 0.2) is 42.5 Å². The zero-order chi connectivity index (χ0) is 19.4. The molecule has 0 aromatic heterocycles. The molecule has 0 atom stereocenters. The van der Waals surface area contributed by atoms with Gasteiger partial charge in [0.05, 0.1) is 12.1 Å². The topological polar surface area (TPSA) is 58.6 Å². The number of nitrogens with one attached hydrogen (secondary N) is 1. The Kier molecular flexibility index (Phi) is 5.96. The van der Waals surface area contributed by atoms with Gasteiger partial charge in [0.2, 0.25) is 5.91 Å². The number of benzene rings is 2. The highest BCUT2D eigenvalue weighted by Crippen LogP contribution is 2.28. The van der Waals surface area contributed by atoms with Crippen molar-refractivity contribution in [2.75, 3.05) is 25.5 Å². The fraction of sp³-hybridized carbons (Fsp3) is 0.300. The fourth-order valence-corrected chi connectivity index (χ4v) is 3.37. The molecule has 1 aliphatic heterocycles. The van der Waals surface area contributed by atoms with Gasteiger partial charge in [-0.1, -0.05) is 11.6 Å². The summed E-state index contributed by atoms with van der Waals surface area (Å²) in [4.78, 5) is 26.6. The number of likely N-dealkylation sites (tertiary alicyclic amines) is 1. The Bertz CT molecular complexity index is 834. The number of ether oxygens (including phenoxy) is 1. The normalized spacial score (nSPS) is 14.7. The summed E-state index contributed by atoms with van der Waals surface area (Å²) in [6.45, 7) is 0.968. The third-order valence-electron chi connectivity index (χ3n) is 4.66. The second-order valence-corrected chi connectivity index (χ2v) is 6.82. The van der Waals surface area contributed by atoms with Crippen LogP contribution in [0, 0.1) is 11.7 Å². The minimum Gasteiger partial charge on any atom is -0.495 e. The lowest BCUT2D eigenvalue weighted by atomic mass is 9.95. The molecule has 0 aliphatic carbocycles. The van der Waals surface area contributed by atoms with Crippen LogP contribution in [0.4, 0.5) is 10.1 Å². The van der Waals surface area contributed by atoms with Crippen molar-refractivity contribution in [2.45, 2.75) is 12.8 Å². The van der Waals surface area contributed by atoms with Crippen molar-refractivity contribution >= 4 is 29.1 Å². The quantitative estimate of drug-likeness (QED) is 0.859. The summed E-state index contributed by atoms with van der Waals surface area (Å²) in [5.41, 5.74) is 1.06. The fourth-order valence-electron chi connectivity index (χ4n) is 3.11. The molecule has 1 heterocycles. The van der Waals surface area contributed by atoms with Gasteiger partial charge in [-0.25, -0.2) is 4.39 Å². The van der Waals surface area contributed by atoms with E-state index in [4.69, 9.17) is 16.3 Å². The molecule has 2 aromatic rings. The monoisotopic (exact) mass is 390 g/mol. The van der Waals surface area contributed by atoms with Crippen LogP contribution in [0.2, 0.25) is 5.02 Å². The van der Waals surface area contributed by atoms with Gasteiger partial charge in [0.25, 0.3) is 5.91 Å². The number of hydrogen-bond acceptors (Lipinski definition) is 3. The molecule has 0 spiro atoms. The van der Waals surface area contributed by atoms with Crippen LogP contribution in [0.3, 0.4) is 0 Å². The summed E-state index contributed by atoms with van der Waals surface area (Å²) in [6.07, 6.45) is 1.14. The summed E-state index contributed by atoms with van der Waals surface area (Å²) in [5.74, 6) is -0.244. The number of piperidine rings is 1. The van der Waals surface area contributed by atoms with Gasteiger partial charge in [0.1, 0.15) is 11.6 Å².